The smallest absolute Gasteiger partial charge is 0.191 e. The highest BCUT2D eigenvalue weighted by Crippen LogP contribution is 2.27. The Morgan fingerprint density at radius 1 is 1.00 bits per heavy atom. The molecule has 2 aromatic carbocycles. The average Bonchev–Trinajstić information content (AvgIpc) is 3.09. The van der Waals surface area contributed by atoms with Gasteiger partial charge in [0.15, 0.2) is 17.5 Å². The largest absolute Gasteiger partial charge is 0.493 e. The van der Waals surface area contributed by atoms with E-state index in [1.54, 1.807) is 14.2 Å². The number of halogens is 1. The number of aromatic nitrogens is 2. The topological polar surface area (TPSA) is 72.7 Å². The van der Waals surface area contributed by atoms with E-state index in [0.717, 1.165) is 35.1 Å². The minimum atomic E-state index is 0. The van der Waals surface area contributed by atoms with Crippen molar-refractivity contribution in [2.24, 2.45) is 4.99 Å². The number of rotatable bonds is 8. The zero-order valence-electron chi connectivity index (χ0n) is 19.3. The fraction of sp³-hybridized carbons (Fsp3) is 0.333. The van der Waals surface area contributed by atoms with Crippen LogP contribution >= 0.6 is 24.0 Å². The molecule has 0 saturated heterocycles. The Bertz CT molecular complexity index is 1030. The van der Waals surface area contributed by atoms with E-state index >= 15 is 0 Å². The number of hydrogen-bond acceptors (Lipinski definition) is 4. The number of aryl methyl sites for hydroxylation is 1. The van der Waals surface area contributed by atoms with E-state index < -0.39 is 0 Å². The van der Waals surface area contributed by atoms with Crippen LogP contribution in [0.15, 0.2) is 53.5 Å². The van der Waals surface area contributed by atoms with Gasteiger partial charge in [-0.1, -0.05) is 24.3 Å². The van der Waals surface area contributed by atoms with Gasteiger partial charge in [-0.3, -0.25) is 0 Å². The highest BCUT2D eigenvalue weighted by Gasteiger charge is 2.13. The van der Waals surface area contributed by atoms with E-state index in [0.29, 0.717) is 24.6 Å². The Labute approximate surface area is 207 Å². The van der Waals surface area contributed by atoms with Crippen LogP contribution < -0.4 is 20.1 Å². The van der Waals surface area contributed by atoms with Gasteiger partial charge in [-0.15, -0.1) is 24.0 Å². The summed E-state index contributed by atoms with van der Waals surface area (Å²) in [6, 6.07) is 16.0. The van der Waals surface area contributed by atoms with E-state index in [2.05, 4.69) is 36.6 Å². The molecule has 0 aliphatic rings. The molecule has 1 heterocycles. The SMILES string of the molecule is CCNC(=NCc1ccc(OC)c(OC)c1)NCc1c(C)nn(-c2ccccc2)c1C.I. The molecule has 3 rings (SSSR count). The Hall–Kier alpha value is -2.75. The normalized spacial score (nSPS) is 11.0. The molecule has 0 aliphatic heterocycles. The first kappa shape index (κ1) is 25.5. The highest BCUT2D eigenvalue weighted by molar-refractivity contribution is 14.0. The van der Waals surface area contributed by atoms with Gasteiger partial charge in [-0.25, -0.2) is 9.67 Å². The molecule has 3 aromatic rings. The van der Waals surface area contributed by atoms with Crippen LogP contribution in [0.1, 0.15) is 29.4 Å². The monoisotopic (exact) mass is 549 g/mol. The van der Waals surface area contributed by atoms with Crippen LogP contribution in [0.4, 0.5) is 0 Å². The molecular weight excluding hydrogens is 517 g/mol. The number of ether oxygens (including phenoxy) is 2. The van der Waals surface area contributed by atoms with Crippen molar-refractivity contribution in [3.05, 3.63) is 71.0 Å². The Morgan fingerprint density at radius 2 is 1.72 bits per heavy atom. The van der Waals surface area contributed by atoms with E-state index in [1.807, 2.05) is 48.0 Å². The van der Waals surface area contributed by atoms with Crippen molar-refractivity contribution < 1.29 is 9.47 Å². The van der Waals surface area contributed by atoms with Crippen molar-refractivity contribution in [1.29, 1.82) is 0 Å². The minimum absolute atomic E-state index is 0. The molecule has 0 bridgehead atoms. The summed E-state index contributed by atoms with van der Waals surface area (Å²) < 4.78 is 12.7. The minimum Gasteiger partial charge on any atom is -0.493 e. The molecule has 0 atom stereocenters. The zero-order chi connectivity index (χ0) is 22.2. The third-order valence-electron chi connectivity index (χ3n) is 5.09. The van der Waals surface area contributed by atoms with E-state index in [9.17, 15) is 0 Å². The van der Waals surface area contributed by atoms with Crippen LogP contribution in [0, 0.1) is 13.8 Å². The summed E-state index contributed by atoms with van der Waals surface area (Å²) in [5.74, 6) is 2.16. The van der Waals surface area contributed by atoms with Gasteiger partial charge in [-0.05, 0) is 50.6 Å². The van der Waals surface area contributed by atoms with Crippen LogP contribution in [0.5, 0.6) is 11.5 Å². The molecule has 0 spiro atoms. The third-order valence-corrected chi connectivity index (χ3v) is 5.09. The molecule has 172 valence electrons. The van der Waals surface area contributed by atoms with Crippen molar-refractivity contribution in [3.8, 4) is 17.2 Å². The van der Waals surface area contributed by atoms with Crippen LogP contribution in [0.3, 0.4) is 0 Å². The second kappa shape index (κ2) is 12.3. The maximum absolute atomic E-state index is 5.39. The lowest BCUT2D eigenvalue weighted by atomic mass is 10.2. The molecule has 0 saturated carbocycles. The molecule has 8 heteroatoms. The lowest BCUT2D eigenvalue weighted by Gasteiger charge is -2.13. The Morgan fingerprint density at radius 3 is 2.38 bits per heavy atom. The summed E-state index contributed by atoms with van der Waals surface area (Å²) in [4.78, 5) is 4.72. The van der Waals surface area contributed by atoms with Crippen LogP contribution in [0.25, 0.3) is 5.69 Å². The molecular formula is C24H32IN5O2. The molecule has 32 heavy (non-hydrogen) atoms. The van der Waals surface area contributed by atoms with Gasteiger partial charge in [0.05, 0.1) is 32.1 Å². The maximum Gasteiger partial charge on any atom is 0.191 e. The molecule has 0 amide bonds. The van der Waals surface area contributed by atoms with Crippen LogP contribution in [-0.4, -0.2) is 36.5 Å². The summed E-state index contributed by atoms with van der Waals surface area (Å²) in [5.41, 5.74) is 5.39. The van der Waals surface area contributed by atoms with E-state index in [4.69, 9.17) is 19.6 Å². The number of nitrogens with zero attached hydrogens (tertiary/aromatic N) is 3. The second-order valence-electron chi connectivity index (χ2n) is 7.13. The first-order valence-electron chi connectivity index (χ1n) is 10.4. The van der Waals surface area contributed by atoms with Crippen molar-refractivity contribution in [2.45, 2.75) is 33.9 Å². The van der Waals surface area contributed by atoms with Crippen molar-refractivity contribution in [2.75, 3.05) is 20.8 Å². The lowest BCUT2D eigenvalue weighted by molar-refractivity contribution is 0.354. The van der Waals surface area contributed by atoms with E-state index in [-0.39, 0.29) is 24.0 Å². The summed E-state index contributed by atoms with van der Waals surface area (Å²) in [6.07, 6.45) is 0. The quantitative estimate of drug-likeness (QED) is 0.248. The number of para-hydroxylation sites is 1. The van der Waals surface area contributed by atoms with Gasteiger partial charge in [0, 0.05) is 24.3 Å². The standard InChI is InChI=1S/C24H31N5O2.HI/c1-6-25-24(26-15-19-12-13-22(30-4)23(14-19)31-5)27-16-21-17(2)28-29(18(21)3)20-10-8-7-9-11-20;/h7-14H,6,15-16H2,1-5H3,(H2,25,26,27);1H. The van der Waals surface area contributed by atoms with Gasteiger partial charge < -0.3 is 20.1 Å². The second-order valence-corrected chi connectivity index (χ2v) is 7.13. The first-order chi connectivity index (χ1) is 15.1. The molecule has 2 N–H and O–H groups in total. The lowest BCUT2D eigenvalue weighted by Crippen LogP contribution is -2.37. The van der Waals surface area contributed by atoms with Gasteiger partial charge in [0.25, 0.3) is 0 Å². The van der Waals surface area contributed by atoms with Crippen LogP contribution in [0.2, 0.25) is 0 Å². The first-order valence-corrected chi connectivity index (χ1v) is 10.4. The summed E-state index contributed by atoms with van der Waals surface area (Å²) >= 11 is 0. The molecule has 0 aliphatic carbocycles. The fourth-order valence-electron chi connectivity index (χ4n) is 3.41. The van der Waals surface area contributed by atoms with Crippen molar-refractivity contribution in [3.63, 3.8) is 0 Å². The van der Waals surface area contributed by atoms with E-state index in [1.165, 1.54) is 5.56 Å². The molecule has 7 nitrogen and oxygen atoms in total. The highest BCUT2D eigenvalue weighted by atomic mass is 127. The van der Waals surface area contributed by atoms with Gasteiger partial charge in [-0.2, -0.15) is 5.10 Å². The number of methoxy groups -OCH3 is 2. The number of benzene rings is 2. The predicted molar refractivity (Wildman–Crippen MR) is 140 cm³/mol. The predicted octanol–water partition coefficient (Wildman–Crippen LogP) is 4.38. The molecule has 0 radical (unpaired) electrons. The fourth-order valence-corrected chi connectivity index (χ4v) is 3.41. The van der Waals surface area contributed by atoms with Gasteiger partial charge in [0.2, 0.25) is 0 Å². The number of aliphatic imine (C=N–C) groups is 1. The maximum atomic E-state index is 5.39. The van der Waals surface area contributed by atoms with Crippen molar-refractivity contribution in [1.82, 2.24) is 20.4 Å². The molecule has 0 fully saturated rings. The number of hydrogen-bond donors (Lipinski definition) is 2. The summed E-state index contributed by atoms with van der Waals surface area (Å²) in [5, 5.41) is 11.5. The van der Waals surface area contributed by atoms with Crippen LogP contribution in [-0.2, 0) is 13.1 Å². The third kappa shape index (κ3) is 6.15. The molecule has 0 unspecified atom stereocenters. The number of guanidine groups is 1. The van der Waals surface area contributed by atoms with Gasteiger partial charge >= 0.3 is 0 Å². The zero-order valence-corrected chi connectivity index (χ0v) is 21.6. The van der Waals surface area contributed by atoms with Gasteiger partial charge in [0.1, 0.15) is 0 Å². The average molecular weight is 549 g/mol. The molecule has 1 aromatic heterocycles. The summed E-state index contributed by atoms with van der Waals surface area (Å²) in [6.45, 7) is 8.13. The number of nitrogens with one attached hydrogen (secondary N) is 2. The summed E-state index contributed by atoms with van der Waals surface area (Å²) in [7, 11) is 3.27. The Kier molecular flexibility index (Phi) is 9.83. The Balaban J connectivity index is 0.00000363. The van der Waals surface area contributed by atoms with Crippen molar-refractivity contribution >= 4 is 29.9 Å².